The third kappa shape index (κ3) is 3.91. The first kappa shape index (κ1) is 15.4. The second kappa shape index (κ2) is 7.07. The van der Waals surface area contributed by atoms with E-state index >= 15 is 0 Å². The number of rotatable bonds is 3. The van der Waals surface area contributed by atoms with Crippen LogP contribution >= 0.6 is 24.0 Å². The summed E-state index contributed by atoms with van der Waals surface area (Å²) in [6.45, 7) is 2.55. The molecule has 0 aliphatic carbocycles. The molecular weight excluding hydrogens is 355 g/mol. The van der Waals surface area contributed by atoms with Gasteiger partial charge in [0, 0.05) is 32.2 Å². The van der Waals surface area contributed by atoms with Crippen LogP contribution in [0.15, 0.2) is 35.7 Å². The van der Waals surface area contributed by atoms with Crippen LogP contribution in [0.25, 0.3) is 5.82 Å². The van der Waals surface area contributed by atoms with Crippen LogP contribution < -0.4 is 11.1 Å². The summed E-state index contributed by atoms with van der Waals surface area (Å²) in [6.07, 6.45) is 5.45. The molecule has 2 aromatic rings. The van der Waals surface area contributed by atoms with Crippen molar-refractivity contribution in [2.45, 2.75) is 13.5 Å². The summed E-state index contributed by atoms with van der Waals surface area (Å²) in [5.74, 6) is 2.19. The Hall–Kier alpha value is -1.64. The van der Waals surface area contributed by atoms with Crippen LogP contribution in [0.5, 0.6) is 0 Å². The number of nitrogens with zero attached hydrogens (tertiary/aromatic N) is 4. The third-order valence-electron chi connectivity index (χ3n) is 2.60. The first-order valence-electron chi connectivity index (χ1n) is 5.62. The quantitative estimate of drug-likeness (QED) is 0.483. The maximum absolute atomic E-state index is 5.55. The molecule has 0 saturated heterocycles. The van der Waals surface area contributed by atoms with Crippen LogP contribution in [-0.4, -0.2) is 27.5 Å². The van der Waals surface area contributed by atoms with Gasteiger partial charge >= 0.3 is 0 Å². The van der Waals surface area contributed by atoms with Crippen molar-refractivity contribution in [1.29, 1.82) is 0 Å². The molecule has 0 aliphatic rings. The Labute approximate surface area is 129 Å². The van der Waals surface area contributed by atoms with E-state index < -0.39 is 0 Å². The maximum Gasteiger partial charge on any atom is 0.188 e. The molecule has 3 N–H and O–H groups in total. The van der Waals surface area contributed by atoms with E-state index in [9.17, 15) is 0 Å². The first-order valence-corrected chi connectivity index (χ1v) is 5.62. The molecule has 0 unspecified atom stereocenters. The molecule has 102 valence electrons. The van der Waals surface area contributed by atoms with Gasteiger partial charge < -0.3 is 11.1 Å². The van der Waals surface area contributed by atoms with E-state index in [2.05, 4.69) is 20.3 Å². The minimum atomic E-state index is 0. The molecule has 2 rings (SSSR count). The number of imidazole rings is 1. The number of aromatic nitrogens is 3. The summed E-state index contributed by atoms with van der Waals surface area (Å²) >= 11 is 0. The largest absolute Gasteiger partial charge is 0.370 e. The number of guanidine groups is 1. The van der Waals surface area contributed by atoms with Crippen molar-refractivity contribution >= 4 is 29.9 Å². The van der Waals surface area contributed by atoms with Crippen LogP contribution in [0.1, 0.15) is 11.4 Å². The summed E-state index contributed by atoms with van der Waals surface area (Å²) < 4.78 is 1.93. The van der Waals surface area contributed by atoms with E-state index in [1.54, 1.807) is 13.2 Å². The Morgan fingerprint density at radius 2 is 2.21 bits per heavy atom. The lowest BCUT2D eigenvalue weighted by molar-refractivity contribution is 0.878. The molecule has 0 fully saturated rings. The van der Waals surface area contributed by atoms with Gasteiger partial charge in [-0.3, -0.25) is 9.56 Å². The number of pyridine rings is 1. The average Bonchev–Trinajstić information content (AvgIpc) is 2.83. The van der Waals surface area contributed by atoms with Gasteiger partial charge in [-0.1, -0.05) is 6.07 Å². The Balaban J connectivity index is 0.00000180. The van der Waals surface area contributed by atoms with E-state index in [-0.39, 0.29) is 24.0 Å². The highest BCUT2D eigenvalue weighted by atomic mass is 127. The molecule has 0 spiro atoms. The predicted octanol–water partition coefficient (Wildman–Crippen LogP) is 1.23. The molecule has 2 aromatic heterocycles. The monoisotopic (exact) mass is 372 g/mol. The van der Waals surface area contributed by atoms with Gasteiger partial charge in [0.05, 0.1) is 0 Å². The highest BCUT2D eigenvalue weighted by Gasteiger charge is 2.01. The lowest BCUT2D eigenvalue weighted by atomic mass is 10.3. The normalized spacial score (nSPS) is 10.9. The summed E-state index contributed by atoms with van der Waals surface area (Å²) in [5, 5.41) is 2.98. The van der Waals surface area contributed by atoms with Crippen molar-refractivity contribution < 1.29 is 0 Å². The second-order valence-corrected chi connectivity index (χ2v) is 3.83. The molecule has 0 aromatic carbocycles. The molecule has 0 bridgehead atoms. The fourth-order valence-electron chi connectivity index (χ4n) is 1.56. The van der Waals surface area contributed by atoms with Crippen LogP contribution in [-0.2, 0) is 6.54 Å². The van der Waals surface area contributed by atoms with Gasteiger partial charge in [0.2, 0.25) is 0 Å². The smallest absolute Gasteiger partial charge is 0.188 e. The predicted molar refractivity (Wildman–Crippen MR) is 85.9 cm³/mol. The Kier molecular flexibility index (Phi) is 5.74. The van der Waals surface area contributed by atoms with Crippen molar-refractivity contribution in [3.63, 3.8) is 0 Å². The van der Waals surface area contributed by atoms with Gasteiger partial charge in [-0.15, -0.1) is 24.0 Å². The number of hydrogen-bond donors (Lipinski definition) is 2. The number of halogens is 1. The second-order valence-electron chi connectivity index (χ2n) is 3.83. The third-order valence-corrected chi connectivity index (χ3v) is 2.60. The lowest BCUT2D eigenvalue weighted by Gasteiger charge is -2.07. The number of nitrogens with two attached hydrogens (primary N) is 1. The summed E-state index contributed by atoms with van der Waals surface area (Å²) in [7, 11) is 1.64. The standard InChI is InChI=1S/C12H16N6.HI/c1-9-15-5-6-18(9)11-4-3-10(7-16-11)8-17-12(13)14-2;/h3-7H,8H2,1-2H3,(H3,13,14,17);1H. The minimum absolute atomic E-state index is 0. The zero-order valence-corrected chi connectivity index (χ0v) is 13.2. The molecule has 0 radical (unpaired) electrons. The SMILES string of the molecule is CN=C(N)NCc1ccc(-n2ccnc2C)nc1.I. The van der Waals surface area contributed by atoms with Gasteiger partial charge in [0.25, 0.3) is 0 Å². The van der Waals surface area contributed by atoms with Crippen LogP contribution in [0.3, 0.4) is 0 Å². The topological polar surface area (TPSA) is 81.1 Å². The summed E-state index contributed by atoms with van der Waals surface area (Å²) in [4.78, 5) is 12.4. The number of hydrogen-bond acceptors (Lipinski definition) is 3. The van der Waals surface area contributed by atoms with Gasteiger partial charge in [-0.2, -0.15) is 0 Å². The van der Waals surface area contributed by atoms with Gasteiger partial charge in [0.1, 0.15) is 11.6 Å². The molecule has 2 heterocycles. The van der Waals surface area contributed by atoms with Gasteiger partial charge in [-0.05, 0) is 18.6 Å². The molecule has 0 saturated carbocycles. The van der Waals surface area contributed by atoms with Crippen LogP contribution in [0.2, 0.25) is 0 Å². The molecule has 6 nitrogen and oxygen atoms in total. The maximum atomic E-state index is 5.55. The van der Waals surface area contributed by atoms with Gasteiger partial charge in [-0.25, -0.2) is 9.97 Å². The van der Waals surface area contributed by atoms with Crippen molar-refractivity contribution in [3.8, 4) is 5.82 Å². The number of aliphatic imine (C=N–C) groups is 1. The van der Waals surface area contributed by atoms with Gasteiger partial charge in [0.15, 0.2) is 5.96 Å². The van der Waals surface area contributed by atoms with Crippen molar-refractivity contribution in [1.82, 2.24) is 19.9 Å². The summed E-state index contributed by atoms with van der Waals surface area (Å²) in [6, 6.07) is 3.95. The highest BCUT2D eigenvalue weighted by Crippen LogP contribution is 2.08. The average molecular weight is 372 g/mol. The molecule has 7 heteroatoms. The molecule has 0 atom stereocenters. The van der Waals surface area contributed by atoms with E-state index in [0.29, 0.717) is 12.5 Å². The van der Waals surface area contributed by atoms with Crippen molar-refractivity contribution in [3.05, 3.63) is 42.1 Å². The van der Waals surface area contributed by atoms with E-state index in [4.69, 9.17) is 5.73 Å². The zero-order valence-electron chi connectivity index (χ0n) is 10.9. The Bertz CT molecular complexity index is 546. The molecule has 19 heavy (non-hydrogen) atoms. The Morgan fingerprint density at radius 3 is 2.74 bits per heavy atom. The van der Waals surface area contributed by atoms with Crippen molar-refractivity contribution in [2.24, 2.45) is 10.7 Å². The van der Waals surface area contributed by atoms with Crippen LogP contribution in [0, 0.1) is 6.92 Å². The highest BCUT2D eigenvalue weighted by molar-refractivity contribution is 14.0. The van der Waals surface area contributed by atoms with Crippen molar-refractivity contribution in [2.75, 3.05) is 7.05 Å². The molecule has 0 amide bonds. The summed E-state index contributed by atoms with van der Waals surface area (Å²) in [5.41, 5.74) is 6.60. The Morgan fingerprint density at radius 1 is 1.42 bits per heavy atom. The molecular formula is C12H17IN6. The zero-order chi connectivity index (χ0) is 13.0. The molecule has 0 aliphatic heterocycles. The lowest BCUT2D eigenvalue weighted by Crippen LogP contribution is -2.30. The fourth-order valence-corrected chi connectivity index (χ4v) is 1.56. The number of aryl methyl sites for hydroxylation is 1. The van der Waals surface area contributed by atoms with E-state index in [1.165, 1.54) is 0 Å². The van der Waals surface area contributed by atoms with E-state index in [1.807, 2.05) is 36.0 Å². The van der Waals surface area contributed by atoms with E-state index in [0.717, 1.165) is 17.2 Å². The number of nitrogens with one attached hydrogen (secondary N) is 1. The fraction of sp³-hybridized carbons (Fsp3) is 0.250. The minimum Gasteiger partial charge on any atom is -0.370 e. The van der Waals surface area contributed by atoms with Crippen LogP contribution in [0.4, 0.5) is 0 Å². The first-order chi connectivity index (χ1) is 8.70.